The summed E-state index contributed by atoms with van der Waals surface area (Å²) in [5.74, 6) is -0.0912. The SMILES string of the molecule is Nc1cccc(Cl)c1CC(=O)CCl. The number of nitrogen functional groups attached to an aromatic ring is 1. The van der Waals surface area contributed by atoms with E-state index < -0.39 is 0 Å². The van der Waals surface area contributed by atoms with Gasteiger partial charge in [-0.05, 0) is 12.1 Å². The lowest BCUT2D eigenvalue weighted by Crippen LogP contribution is -2.06. The molecule has 0 aliphatic heterocycles. The van der Waals surface area contributed by atoms with Gasteiger partial charge in [0.05, 0.1) is 5.88 Å². The summed E-state index contributed by atoms with van der Waals surface area (Å²) in [6.07, 6.45) is 0.203. The maximum Gasteiger partial charge on any atom is 0.152 e. The fraction of sp³-hybridized carbons (Fsp3) is 0.222. The number of alkyl halides is 1. The Bertz CT molecular complexity index is 305. The molecule has 0 amide bonds. The van der Waals surface area contributed by atoms with Crippen LogP contribution in [0.3, 0.4) is 0 Å². The number of rotatable bonds is 3. The number of anilines is 1. The second-order valence-corrected chi connectivity index (χ2v) is 3.33. The van der Waals surface area contributed by atoms with Crippen molar-refractivity contribution in [1.82, 2.24) is 0 Å². The maximum absolute atomic E-state index is 11.0. The Morgan fingerprint density at radius 3 is 2.69 bits per heavy atom. The average Bonchev–Trinajstić information content (AvgIpc) is 2.11. The first-order valence-corrected chi connectivity index (χ1v) is 4.67. The lowest BCUT2D eigenvalue weighted by atomic mass is 10.1. The number of carbonyl (C=O) groups is 1. The van der Waals surface area contributed by atoms with Crippen LogP contribution in [0.2, 0.25) is 5.02 Å². The zero-order chi connectivity index (χ0) is 9.84. The number of benzene rings is 1. The van der Waals surface area contributed by atoms with E-state index in [4.69, 9.17) is 28.9 Å². The third-order valence-electron chi connectivity index (χ3n) is 1.68. The van der Waals surface area contributed by atoms with E-state index in [9.17, 15) is 4.79 Å². The Kier molecular flexibility index (Phi) is 3.58. The lowest BCUT2D eigenvalue weighted by Gasteiger charge is -2.05. The van der Waals surface area contributed by atoms with Crippen LogP contribution in [0.5, 0.6) is 0 Å². The van der Waals surface area contributed by atoms with E-state index in [0.29, 0.717) is 16.3 Å². The molecule has 0 aromatic heterocycles. The average molecular weight is 218 g/mol. The van der Waals surface area contributed by atoms with Gasteiger partial charge in [0, 0.05) is 22.7 Å². The van der Waals surface area contributed by atoms with E-state index in [1.807, 2.05) is 0 Å². The molecule has 0 saturated carbocycles. The molecule has 0 aliphatic rings. The van der Waals surface area contributed by atoms with Gasteiger partial charge in [-0.15, -0.1) is 11.6 Å². The highest BCUT2D eigenvalue weighted by atomic mass is 35.5. The second kappa shape index (κ2) is 4.49. The van der Waals surface area contributed by atoms with Gasteiger partial charge in [0.1, 0.15) is 0 Å². The van der Waals surface area contributed by atoms with Crippen molar-refractivity contribution < 1.29 is 4.79 Å². The smallest absolute Gasteiger partial charge is 0.152 e. The minimum Gasteiger partial charge on any atom is -0.398 e. The molecule has 0 heterocycles. The fourth-order valence-corrected chi connectivity index (χ4v) is 1.35. The molecule has 0 saturated heterocycles. The lowest BCUT2D eigenvalue weighted by molar-refractivity contribution is -0.116. The van der Waals surface area contributed by atoms with Crippen molar-refractivity contribution in [2.45, 2.75) is 6.42 Å². The number of nitrogens with two attached hydrogens (primary N) is 1. The molecule has 1 rings (SSSR count). The summed E-state index contributed by atoms with van der Waals surface area (Å²) in [6, 6.07) is 5.16. The Labute approximate surface area is 86.6 Å². The molecule has 0 bridgehead atoms. The van der Waals surface area contributed by atoms with Crippen molar-refractivity contribution in [2.75, 3.05) is 11.6 Å². The van der Waals surface area contributed by atoms with Crippen molar-refractivity contribution in [3.63, 3.8) is 0 Å². The zero-order valence-corrected chi connectivity index (χ0v) is 8.40. The molecule has 13 heavy (non-hydrogen) atoms. The van der Waals surface area contributed by atoms with Crippen LogP contribution in [0.1, 0.15) is 5.56 Å². The van der Waals surface area contributed by atoms with Crippen LogP contribution in [0.4, 0.5) is 5.69 Å². The molecule has 2 N–H and O–H groups in total. The predicted octanol–water partition coefficient (Wildman–Crippen LogP) is 2.27. The summed E-state index contributed by atoms with van der Waals surface area (Å²) < 4.78 is 0. The number of carbonyl (C=O) groups excluding carboxylic acids is 1. The summed E-state index contributed by atoms with van der Waals surface area (Å²) in [7, 11) is 0. The van der Waals surface area contributed by atoms with Gasteiger partial charge in [-0.3, -0.25) is 4.79 Å². The first kappa shape index (κ1) is 10.4. The molecular formula is C9H9Cl2NO. The molecule has 0 unspecified atom stereocenters. The summed E-state index contributed by atoms with van der Waals surface area (Å²) in [6.45, 7) is 0. The Morgan fingerprint density at radius 2 is 2.15 bits per heavy atom. The Hall–Kier alpha value is -0.730. The normalized spacial score (nSPS) is 10.0. The van der Waals surface area contributed by atoms with E-state index in [1.54, 1.807) is 18.2 Å². The molecule has 0 spiro atoms. The van der Waals surface area contributed by atoms with E-state index in [0.717, 1.165) is 0 Å². The Morgan fingerprint density at radius 1 is 1.46 bits per heavy atom. The molecule has 0 atom stereocenters. The third kappa shape index (κ3) is 2.61. The molecule has 0 radical (unpaired) electrons. The van der Waals surface area contributed by atoms with Crippen molar-refractivity contribution >= 4 is 34.7 Å². The topological polar surface area (TPSA) is 43.1 Å². The molecule has 0 aliphatic carbocycles. The monoisotopic (exact) mass is 217 g/mol. The van der Waals surface area contributed by atoms with Crippen LogP contribution in [-0.2, 0) is 11.2 Å². The zero-order valence-electron chi connectivity index (χ0n) is 6.89. The van der Waals surface area contributed by atoms with E-state index in [1.165, 1.54) is 0 Å². The van der Waals surface area contributed by atoms with E-state index in [2.05, 4.69) is 0 Å². The number of hydrogen-bond acceptors (Lipinski definition) is 2. The highest BCUT2D eigenvalue weighted by Gasteiger charge is 2.08. The van der Waals surface area contributed by atoms with Crippen LogP contribution < -0.4 is 5.73 Å². The van der Waals surface area contributed by atoms with Gasteiger partial charge >= 0.3 is 0 Å². The summed E-state index contributed by atoms with van der Waals surface area (Å²) >= 11 is 11.2. The summed E-state index contributed by atoms with van der Waals surface area (Å²) in [4.78, 5) is 11.0. The first-order chi connectivity index (χ1) is 6.15. The van der Waals surface area contributed by atoms with Gasteiger partial charge in [0.15, 0.2) is 5.78 Å². The number of hydrogen-bond donors (Lipinski definition) is 1. The number of Topliss-reactive ketones (excluding diaryl/α,β-unsaturated/α-hetero) is 1. The number of halogens is 2. The number of ketones is 1. The van der Waals surface area contributed by atoms with Crippen molar-refractivity contribution in [3.8, 4) is 0 Å². The highest BCUT2D eigenvalue weighted by Crippen LogP contribution is 2.22. The van der Waals surface area contributed by atoms with Crippen molar-refractivity contribution in [3.05, 3.63) is 28.8 Å². The van der Waals surface area contributed by atoms with Crippen LogP contribution in [0, 0.1) is 0 Å². The molecule has 4 heteroatoms. The quantitative estimate of drug-likeness (QED) is 0.624. The van der Waals surface area contributed by atoms with E-state index >= 15 is 0 Å². The maximum atomic E-state index is 11.0. The largest absolute Gasteiger partial charge is 0.398 e. The molecule has 70 valence electrons. The molecule has 1 aromatic carbocycles. The van der Waals surface area contributed by atoms with Crippen molar-refractivity contribution in [1.29, 1.82) is 0 Å². The van der Waals surface area contributed by atoms with Crippen molar-refractivity contribution in [2.24, 2.45) is 0 Å². The molecule has 2 nitrogen and oxygen atoms in total. The predicted molar refractivity (Wildman–Crippen MR) is 55.3 cm³/mol. The standard InChI is InChI=1S/C9H9Cl2NO/c10-5-6(13)4-7-8(11)2-1-3-9(7)12/h1-3H,4-5,12H2. The first-order valence-electron chi connectivity index (χ1n) is 3.75. The van der Waals surface area contributed by atoms with Gasteiger partial charge < -0.3 is 5.73 Å². The van der Waals surface area contributed by atoms with Gasteiger partial charge in [-0.2, -0.15) is 0 Å². The summed E-state index contributed by atoms with van der Waals surface area (Å²) in [5, 5.41) is 0.512. The van der Waals surface area contributed by atoms with Gasteiger partial charge in [0.25, 0.3) is 0 Å². The van der Waals surface area contributed by atoms with Crippen LogP contribution in [0.15, 0.2) is 18.2 Å². The Balaban J connectivity index is 2.93. The minimum absolute atomic E-state index is 0.00926. The highest BCUT2D eigenvalue weighted by molar-refractivity contribution is 6.32. The van der Waals surface area contributed by atoms with Gasteiger partial charge in [-0.1, -0.05) is 17.7 Å². The third-order valence-corrected chi connectivity index (χ3v) is 2.33. The van der Waals surface area contributed by atoms with Crippen LogP contribution >= 0.6 is 23.2 Å². The van der Waals surface area contributed by atoms with Crippen LogP contribution in [0.25, 0.3) is 0 Å². The molecule has 1 aromatic rings. The second-order valence-electron chi connectivity index (χ2n) is 2.66. The molecule has 0 fully saturated rings. The van der Waals surface area contributed by atoms with Crippen LogP contribution in [-0.4, -0.2) is 11.7 Å². The minimum atomic E-state index is -0.0820. The van der Waals surface area contributed by atoms with Gasteiger partial charge in [0.2, 0.25) is 0 Å². The summed E-state index contributed by atoms with van der Waals surface area (Å²) in [5.41, 5.74) is 6.84. The fourth-order valence-electron chi connectivity index (χ4n) is 1.01. The molecular weight excluding hydrogens is 209 g/mol. The van der Waals surface area contributed by atoms with Gasteiger partial charge in [-0.25, -0.2) is 0 Å². The van der Waals surface area contributed by atoms with E-state index in [-0.39, 0.29) is 18.1 Å².